The van der Waals surface area contributed by atoms with E-state index in [4.69, 9.17) is 4.74 Å². The number of hydrogen-bond donors (Lipinski definition) is 1. The second-order valence-electron chi connectivity index (χ2n) is 5.70. The Morgan fingerprint density at radius 1 is 1.22 bits per heavy atom. The zero-order valence-electron chi connectivity index (χ0n) is 13.1. The number of carbonyl (C=O) groups is 2. The van der Waals surface area contributed by atoms with Crippen LogP contribution >= 0.6 is 11.3 Å². The molecule has 1 heterocycles. The molecular weight excluding hydrogens is 310 g/mol. The predicted octanol–water partition coefficient (Wildman–Crippen LogP) is 3.73. The van der Waals surface area contributed by atoms with Crippen LogP contribution in [0.5, 0.6) is 0 Å². The van der Waals surface area contributed by atoms with E-state index in [1.54, 1.807) is 11.3 Å². The van der Waals surface area contributed by atoms with E-state index in [0.717, 1.165) is 36.1 Å². The molecule has 0 saturated heterocycles. The summed E-state index contributed by atoms with van der Waals surface area (Å²) in [5.74, 6) is -0.721. The van der Waals surface area contributed by atoms with Crippen molar-refractivity contribution in [1.29, 1.82) is 0 Å². The second-order valence-corrected chi connectivity index (χ2v) is 6.66. The fourth-order valence-corrected chi connectivity index (χ4v) is 3.89. The summed E-state index contributed by atoms with van der Waals surface area (Å²) in [5, 5.41) is 4.62. The maximum Gasteiger partial charge on any atom is 0.339 e. The van der Waals surface area contributed by atoms with Crippen LogP contribution in [0, 0.1) is 6.92 Å². The highest BCUT2D eigenvalue weighted by molar-refractivity contribution is 7.10. The number of amides is 1. The molecule has 23 heavy (non-hydrogen) atoms. The Kier molecular flexibility index (Phi) is 4.76. The Morgan fingerprint density at radius 3 is 2.83 bits per heavy atom. The molecule has 0 radical (unpaired) electrons. The van der Waals surface area contributed by atoms with Gasteiger partial charge in [-0.15, -0.1) is 11.3 Å². The second kappa shape index (κ2) is 6.96. The van der Waals surface area contributed by atoms with Crippen molar-refractivity contribution in [1.82, 2.24) is 0 Å². The standard InChI is InChI=1S/C18H19NO3S/c1-12-6-2-4-8-15(12)19-17(20)10-22-18(21)14-11-23-16-9-5-3-7-13(14)16/h2,4,6,8,11H,3,5,7,9-10H2,1H3,(H,19,20). The van der Waals surface area contributed by atoms with Gasteiger partial charge in [0.2, 0.25) is 0 Å². The number of nitrogens with one attached hydrogen (secondary N) is 1. The minimum absolute atomic E-state index is 0.266. The van der Waals surface area contributed by atoms with Gasteiger partial charge in [0.1, 0.15) is 0 Å². The zero-order valence-corrected chi connectivity index (χ0v) is 13.9. The van der Waals surface area contributed by atoms with Crippen LogP contribution in [-0.4, -0.2) is 18.5 Å². The van der Waals surface area contributed by atoms with Gasteiger partial charge >= 0.3 is 5.97 Å². The van der Waals surface area contributed by atoms with Crippen molar-refractivity contribution in [3.63, 3.8) is 0 Å². The van der Waals surface area contributed by atoms with E-state index < -0.39 is 5.97 Å². The Bertz CT molecular complexity index is 736. The van der Waals surface area contributed by atoms with E-state index in [1.807, 2.05) is 36.6 Å². The molecule has 1 N–H and O–H groups in total. The lowest BCUT2D eigenvalue weighted by atomic mass is 9.96. The molecule has 2 aromatic rings. The number of benzene rings is 1. The Morgan fingerprint density at radius 2 is 2.00 bits per heavy atom. The third kappa shape index (κ3) is 3.62. The molecule has 1 amide bonds. The number of ether oxygens (including phenoxy) is 1. The summed E-state index contributed by atoms with van der Waals surface area (Å²) in [6.07, 6.45) is 4.26. The van der Waals surface area contributed by atoms with Crippen molar-refractivity contribution in [3.05, 3.63) is 51.2 Å². The fourth-order valence-electron chi connectivity index (χ4n) is 2.77. The molecule has 1 aromatic heterocycles. The lowest BCUT2D eigenvalue weighted by molar-refractivity contribution is -0.119. The van der Waals surface area contributed by atoms with Crippen molar-refractivity contribution in [3.8, 4) is 0 Å². The maximum absolute atomic E-state index is 12.2. The summed E-state index contributed by atoms with van der Waals surface area (Å²) >= 11 is 1.62. The summed E-state index contributed by atoms with van der Waals surface area (Å²) in [6.45, 7) is 1.65. The average Bonchev–Trinajstić information content (AvgIpc) is 2.99. The molecule has 120 valence electrons. The average molecular weight is 329 g/mol. The molecule has 0 aliphatic heterocycles. The number of para-hydroxylation sites is 1. The highest BCUT2D eigenvalue weighted by atomic mass is 32.1. The predicted molar refractivity (Wildman–Crippen MR) is 91.1 cm³/mol. The topological polar surface area (TPSA) is 55.4 Å². The monoisotopic (exact) mass is 329 g/mol. The SMILES string of the molecule is Cc1ccccc1NC(=O)COC(=O)c1csc2c1CCCC2. The summed E-state index contributed by atoms with van der Waals surface area (Å²) in [6, 6.07) is 7.50. The summed E-state index contributed by atoms with van der Waals surface area (Å²) in [7, 11) is 0. The third-order valence-corrected chi connectivity index (χ3v) is 5.12. The van der Waals surface area contributed by atoms with Gasteiger partial charge in [-0.2, -0.15) is 0 Å². The van der Waals surface area contributed by atoms with Crippen molar-refractivity contribution in [2.24, 2.45) is 0 Å². The molecule has 1 aromatic carbocycles. The lowest BCUT2D eigenvalue weighted by Crippen LogP contribution is -2.21. The van der Waals surface area contributed by atoms with Crippen LogP contribution in [0.3, 0.4) is 0 Å². The number of anilines is 1. The van der Waals surface area contributed by atoms with Crippen LogP contribution in [0.15, 0.2) is 29.6 Å². The lowest BCUT2D eigenvalue weighted by Gasteiger charge is -2.12. The van der Waals surface area contributed by atoms with Gasteiger partial charge < -0.3 is 10.1 Å². The quantitative estimate of drug-likeness (QED) is 0.870. The summed E-state index contributed by atoms with van der Waals surface area (Å²) in [4.78, 5) is 25.4. The number of fused-ring (bicyclic) bond motifs is 1. The van der Waals surface area contributed by atoms with E-state index in [2.05, 4.69) is 5.32 Å². The Labute approximate surface area is 139 Å². The molecule has 1 aliphatic rings. The number of rotatable bonds is 4. The zero-order chi connectivity index (χ0) is 16.2. The summed E-state index contributed by atoms with van der Waals surface area (Å²) < 4.78 is 5.18. The fraction of sp³-hybridized carbons (Fsp3) is 0.333. The minimum atomic E-state index is -0.399. The van der Waals surface area contributed by atoms with Crippen LogP contribution < -0.4 is 5.32 Å². The molecule has 4 nitrogen and oxygen atoms in total. The first kappa shape index (κ1) is 15.7. The summed E-state index contributed by atoms with van der Waals surface area (Å²) in [5.41, 5.74) is 3.46. The molecule has 0 spiro atoms. The van der Waals surface area contributed by atoms with Crippen LogP contribution in [0.2, 0.25) is 0 Å². The third-order valence-electron chi connectivity index (χ3n) is 4.03. The highest BCUT2D eigenvalue weighted by Crippen LogP contribution is 2.30. The molecule has 0 saturated carbocycles. The van der Waals surface area contributed by atoms with E-state index in [9.17, 15) is 9.59 Å². The van der Waals surface area contributed by atoms with Gasteiger partial charge in [-0.25, -0.2) is 4.79 Å². The van der Waals surface area contributed by atoms with Crippen molar-refractivity contribution in [2.75, 3.05) is 11.9 Å². The van der Waals surface area contributed by atoms with Crippen LogP contribution in [0.1, 0.15) is 39.2 Å². The van der Waals surface area contributed by atoms with Gasteiger partial charge in [0.15, 0.2) is 6.61 Å². The first-order valence-corrected chi connectivity index (χ1v) is 8.65. The number of thiophene rings is 1. The number of carbonyl (C=O) groups excluding carboxylic acids is 2. The van der Waals surface area contributed by atoms with E-state index in [1.165, 1.54) is 11.3 Å². The largest absolute Gasteiger partial charge is 0.452 e. The van der Waals surface area contributed by atoms with Crippen molar-refractivity contribution >= 4 is 28.9 Å². The highest BCUT2D eigenvalue weighted by Gasteiger charge is 2.21. The van der Waals surface area contributed by atoms with Crippen molar-refractivity contribution < 1.29 is 14.3 Å². The van der Waals surface area contributed by atoms with Crippen LogP contribution in [0.25, 0.3) is 0 Å². The Hall–Kier alpha value is -2.14. The molecule has 3 rings (SSSR count). The Balaban J connectivity index is 1.58. The minimum Gasteiger partial charge on any atom is -0.452 e. The van der Waals surface area contributed by atoms with E-state index >= 15 is 0 Å². The molecule has 0 atom stereocenters. The van der Waals surface area contributed by atoms with Crippen molar-refractivity contribution in [2.45, 2.75) is 32.6 Å². The van der Waals surface area contributed by atoms with E-state index in [-0.39, 0.29) is 12.5 Å². The number of hydrogen-bond acceptors (Lipinski definition) is 4. The normalized spacial score (nSPS) is 13.3. The molecule has 0 bridgehead atoms. The molecule has 0 unspecified atom stereocenters. The molecule has 1 aliphatic carbocycles. The van der Waals surface area contributed by atoms with Crippen LogP contribution in [-0.2, 0) is 22.4 Å². The smallest absolute Gasteiger partial charge is 0.339 e. The van der Waals surface area contributed by atoms with Gasteiger partial charge in [-0.1, -0.05) is 18.2 Å². The first-order valence-electron chi connectivity index (χ1n) is 7.77. The van der Waals surface area contributed by atoms with Gasteiger partial charge in [0.05, 0.1) is 5.56 Å². The van der Waals surface area contributed by atoms with E-state index in [0.29, 0.717) is 5.56 Å². The van der Waals surface area contributed by atoms with Gasteiger partial charge in [0.25, 0.3) is 5.91 Å². The van der Waals surface area contributed by atoms with Gasteiger partial charge in [0, 0.05) is 15.9 Å². The first-order chi connectivity index (χ1) is 11.1. The maximum atomic E-state index is 12.2. The molecule has 5 heteroatoms. The molecular formula is C18H19NO3S. The number of esters is 1. The number of aryl methyl sites for hydroxylation is 2. The van der Waals surface area contributed by atoms with Gasteiger partial charge in [-0.3, -0.25) is 4.79 Å². The van der Waals surface area contributed by atoms with Crippen LogP contribution in [0.4, 0.5) is 5.69 Å². The van der Waals surface area contributed by atoms with Gasteiger partial charge in [-0.05, 0) is 49.8 Å². The molecule has 0 fully saturated rings.